The minimum Gasteiger partial charge on any atom is -0.469 e. The van der Waals surface area contributed by atoms with Crippen LogP contribution < -0.4 is 5.56 Å². The lowest BCUT2D eigenvalue weighted by Crippen LogP contribution is -2.37. The highest BCUT2D eigenvalue weighted by molar-refractivity contribution is 7.18. The van der Waals surface area contributed by atoms with Crippen molar-refractivity contribution in [3.05, 3.63) is 26.6 Å². The molecule has 0 saturated carbocycles. The zero-order valence-electron chi connectivity index (χ0n) is 14.5. The third-order valence-corrected chi connectivity index (χ3v) is 6.56. The molecule has 2 aliphatic rings. The Morgan fingerprint density at radius 3 is 2.84 bits per heavy atom. The highest BCUT2D eigenvalue weighted by atomic mass is 32.1. The van der Waals surface area contributed by atoms with Crippen molar-refractivity contribution in [2.45, 2.75) is 45.1 Å². The normalized spacial score (nSPS) is 19.1. The third kappa shape index (κ3) is 3.22. The van der Waals surface area contributed by atoms with Gasteiger partial charge in [-0.25, -0.2) is 4.98 Å². The minimum absolute atomic E-state index is 0.000223. The van der Waals surface area contributed by atoms with E-state index in [-0.39, 0.29) is 17.4 Å². The first kappa shape index (κ1) is 16.7. The lowest BCUT2D eigenvalue weighted by molar-refractivity contribution is -0.147. The first-order chi connectivity index (χ1) is 12.2. The zero-order chi connectivity index (χ0) is 17.4. The molecular weight excluding hydrogens is 338 g/mol. The van der Waals surface area contributed by atoms with Gasteiger partial charge in [0.2, 0.25) is 0 Å². The Kier molecular flexibility index (Phi) is 4.60. The number of nitrogens with zero attached hydrogens (tertiary/aromatic N) is 2. The quantitative estimate of drug-likeness (QED) is 0.849. The van der Waals surface area contributed by atoms with Gasteiger partial charge in [-0.2, -0.15) is 0 Å². The number of carbonyl (C=O) groups is 1. The number of piperidine rings is 1. The first-order valence-corrected chi connectivity index (χ1v) is 9.81. The van der Waals surface area contributed by atoms with Crippen LogP contribution in [-0.4, -0.2) is 41.0 Å². The molecule has 4 rings (SSSR count). The maximum absolute atomic E-state index is 12.6. The highest BCUT2D eigenvalue weighted by Gasteiger charge is 2.26. The Bertz CT molecular complexity index is 849. The number of fused-ring (bicyclic) bond motifs is 3. The van der Waals surface area contributed by atoms with Crippen LogP contribution in [0.2, 0.25) is 0 Å². The van der Waals surface area contributed by atoms with Gasteiger partial charge in [0.1, 0.15) is 10.7 Å². The smallest absolute Gasteiger partial charge is 0.308 e. The van der Waals surface area contributed by atoms with E-state index in [1.165, 1.54) is 24.0 Å². The number of nitrogens with one attached hydrogen (secondary N) is 1. The van der Waals surface area contributed by atoms with Gasteiger partial charge >= 0.3 is 5.97 Å². The van der Waals surface area contributed by atoms with E-state index in [0.717, 1.165) is 61.2 Å². The molecule has 2 aromatic rings. The van der Waals surface area contributed by atoms with Crippen LogP contribution in [0.25, 0.3) is 10.2 Å². The molecule has 0 spiro atoms. The topological polar surface area (TPSA) is 75.3 Å². The number of likely N-dealkylation sites (tertiary alicyclic amines) is 1. The van der Waals surface area contributed by atoms with Crippen LogP contribution in [0.4, 0.5) is 0 Å². The second-order valence-electron chi connectivity index (χ2n) is 6.98. The molecule has 0 aromatic carbocycles. The molecule has 0 amide bonds. The predicted octanol–water partition coefficient (Wildman–Crippen LogP) is 2.25. The lowest BCUT2D eigenvalue weighted by atomic mass is 9.97. The number of aromatic nitrogens is 2. The van der Waals surface area contributed by atoms with E-state index >= 15 is 0 Å². The molecule has 0 bridgehead atoms. The summed E-state index contributed by atoms with van der Waals surface area (Å²) in [5, 5.41) is 0.813. The molecule has 2 aromatic heterocycles. The third-order valence-electron chi connectivity index (χ3n) is 5.37. The summed E-state index contributed by atoms with van der Waals surface area (Å²) >= 11 is 1.69. The standard InChI is InChI=1S/C18H23N3O3S/c1-24-18(23)11-6-8-21(9-7-11)10-14-19-16(22)15-12-4-2-3-5-13(12)25-17(15)20-14/h11H,2-10H2,1H3,(H,19,20,22). The Morgan fingerprint density at radius 1 is 1.32 bits per heavy atom. The van der Waals surface area contributed by atoms with Crippen LogP contribution in [0, 0.1) is 5.92 Å². The molecule has 1 fully saturated rings. The largest absolute Gasteiger partial charge is 0.469 e. The molecule has 1 saturated heterocycles. The van der Waals surface area contributed by atoms with Crippen LogP contribution in [0.5, 0.6) is 0 Å². The van der Waals surface area contributed by atoms with Gasteiger partial charge < -0.3 is 9.72 Å². The molecule has 3 heterocycles. The number of esters is 1. The maximum atomic E-state index is 12.6. The molecule has 1 aliphatic heterocycles. The highest BCUT2D eigenvalue weighted by Crippen LogP contribution is 2.33. The molecule has 7 heteroatoms. The summed E-state index contributed by atoms with van der Waals surface area (Å²) in [6, 6.07) is 0. The van der Waals surface area contributed by atoms with Crippen molar-refractivity contribution >= 4 is 27.5 Å². The summed E-state index contributed by atoms with van der Waals surface area (Å²) in [6.45, 7) is 2.27. The van der Waals surface area contributed by atoms with Gasteiger partial charge in [0.15, 0.2) is 0 Å². The van der Waals surface area contributed by atoms with Gasteiger partial charge in [-0.15, -0.1) is 11.3 Å². The van der Waals surface area contributed by atoms with E-state index in [2.05, 4.69) is 9.88 Å². The fraction of sp³-hybridized carbons (Fsp3) is 0.611. The Hall–Kier alpha value is -1.73. The van der Waals surface area contributed by atoms with Crippen molar-refractivity contribution < 1.29 is 9.53 Å². The number of aryl methyl sites for hydroxylation is 2. The fourth-order valence-corrected chi connectivity index (χ4v) is 5.27. The maximum Gasteiger partial charge on any atom is 0.308 e. The molecule has 25 heavy (non-hydrogen) atoms. The summed E-state index contributed by atoms with van der Waals surface area (Å²) < 4.78 is 4.83. The monoisotopic (exact) mass is 361 g/mol. The molecule has 1 N–H and O–H groups in total. The number of carbonyl (C=O) groups excluding carboxylic acids is 1. The number of hydrogen-bond donors (Lipinski definition) is 1. The molecule has 1 aliphatic carbocycles. The molecule has 6 nitrogen and oxygen atoms in total. The summed E-state index contributed by atoms with van der Waals surface area (Å²) in [7, 11) is 1.44. The summed E-state index contributed by atoms with van der Waals surface area (Å²) in [6.07, 6.45) is 6.04. The van der Waals surface area contributed by atoms with Crippen molar-refractivity contribution in [2.24, 2.45) is 5.92 Å². The first-order valence-electron chi connectivity index (χ1n) is 8.99. The molecule has 134 valence electrons. The summed E-state index contributed by atoms with van der Waals surface area (Å²) in [4.78, 5) is 36.4. The number of thiophene rings is 1. The van der Waals surface area contributed by atoms with Crippen molar-refractivity contribution in [3.63, 3.8) is 0 Å². The molecule has 0 atom stereocenters. The van der Waals surface area contributed by atoms with Gasteiger partial charge in [0, 0.05) is 4.88 Å². The number of aromatic amines is 1. The van der Waals surface area contributed by atoms with Crippen molar-refractivity contribution in [1.29, 1.82) is 0 Å². The summed E-state index contributed by atoms with van der Waals surface area (Å²) in [5.41, 5.74) is 1.23. The number of methoxy groups -OCH3 is 1. The average Bonchev–Trinajstić information content (AvgIpc) is 3.00. The number of rotatable bonds is 3. The van der Waals surface area contributed by atoms with E-state index in [9.17, 15) is 9.59 Å². The Balaban J connectivity index is 1.51. The number of ether oxygens (including phenoxy) is 1. The predicted molar refractivity (Wildman–Crippen MR) is 96.9 cm³/mol. The van der Waals surface area contributed by atoms with Crippen LogP contribution in [0.3, 0.4) is 0 Å². The average molecular weight is 361 g/mol. The van der Waals surface area contributed by atoms with Gasteiger partial charge in [0.25, 0.3) is 5.56 Å². The SMILES string of the molecule is COC(=O)C1CCN(Cc2nc3sc4c(c3c(=O)[nH]2)CCCC4)CC1. The van der Waals surface area contributed by atoms with E-state index in [4.69, 9.17) is 9.72 Å². The van der Waals surface area contributed by atoms with E-state index in [1.54, 1.807) is 11.3 Å². The lowest BCUT2D eigenvalue weighted by Gasteiger charge is -2.30. The minimum atomic E-state index is -0.114. The fourth-order valence-electron chi connectivity index (χ4n) is 3.99. The van der Waals surface area contributed by atoms with Gasteiger partial charge in [0.05, 0.1) is 25.0 Å². The van der Waals surface area contributed by atoms with Crippen molar-refractivity contribution in [2.75, 3.05) is 20.2 Å². The Labute approximate surface area is 150 Å². The van der Waals surface area contributed by atoms with Crippen LogP contribution in [0.1, 0.15) is 41.9 Å². The molecule has 0 radical (unpaired) electrons. The van der Waals surface area contributed by atoms with Gasteiger partial charge in [-0.1, -0.05) is 0 Å². The van der Waals surface area contributed by atoms with Crippen LogP contribution in [0.15, 0.2) is 4.79 Å². The van der Waals surface area contributed by atoms with Crippen LogP contribution >= 0.6 is 11.3 Å². The zero-order valence-corrected chi connectivity index (χ0v) is 15.3. The second-order valence-corrected chi connectivity index (χ2v) is 8.06. The number of hydrogen-bond acceptors (Lipinski definition) is 6. The number of H-pyrrole nitrogens is 1. The van der Waals surface area contributed by atoms with E-state index in [0.29, 0.717) is 6.54 Å². The molecule has 0 unspecified atom stereocenters. The van der Waals surface area contributed by atoms with Gasteiger partial charge in [-0.05, 0) is 57.2 Å². The van der Waals surface area contributed by atoms with E-state index in [1.807, 2.05) is 0 Å². The van der Waals surface area contributed by atoms with Crippen molar-refractivity contribution in [1.82, 2.24) is 14.9 Å². The summed E-state index contributed by atoms with van der Waals surface area (Å²) in [5.74, 6) is 0.615. The molecular formula is C18H23N3O3S. The van der Waals surface area contributed by atoms with E-state index < -0.39 is 0 Å². The second kappa shape index (κ2) is 6.88. The van der Waals surface area contributed by atoms with Crippen LogP contribution in [-0.2, 0) is 28.9 Å². The Morgan fingerprint density at radius 2 is 2.08 bits per heavy atom. The van der Waals surface area contributed by atoms with Gasteiger partial charge in [-0.3, -0.25) is 14.5 Å². The van der Waals surface area contributed by atoms with Crippen molar-refractivity contribution in [3.8, 4) is 0 Å².